The molecule has 0 bridgehead atoms. The van der Waals surface area contributed by atoms with Crippen LogP contribution in [0.3, 0.4) is 0 Å². The van der Waals surface area contributed by atoms with Crippen molar-refractivity contribution >= 4 is 21.6 Å². The smallest absolute Gasteiger partial charge is 0.251 e. The van der Waals surface area contributed by atoms with E-state index in [1.807, 2.05) is 6.92 Å². The zero-order valence-corrected chi connectivity index (χ0v) is 13.8. The summed E-state index contributed by atoms with van der Waals surface area (Å²) in [6.45, 7) is 6.05. The van der Waals surface area contributed by atoms with Gasteiger partial charge in [0, 0.05) is 31.1 Å². The number of rotatable bonds is 7. The molecule has 1 heterocycles. The molecule has 0 unspecified atom stereocenters. The van der Waals surface area contributed by atoms with Crippen molar-refractivity contribution in [2.75, 3.05) is 24.7 Å². The molecule has 1 aromatic rings. The maximum absolute atomic E-state index is 12.1. The highest BCUT2D eigenvalue weighted by atomic mass is 32.2. The van der Waals surface area contributed by atoms with Gasteiger partial charge in [0.05, 0.1) is 4.75 Å². The van der Waals surface area contributed by atoms with Crippen LogP contribution in [-0.2, 0) is 9.84 Å². The van der Waals surface area contributed by atoms with Gasteiger partial charge in [0.25, 0.3) is 5.91 Å². The number of hydrogen-bond donors (Lipinski definition) is 2. The fourth-order valence-electron chi connectivity index (χ4n) is 1.45. The van der Waals surface area contributed by atoms with Crippen molar-refractivity contribution in [1.82, 2.24) is 10.3 Å². The number of nitrogens with one attached hydrogen (secondary N) is 2. The summed E-state index contributed by atoms with van der Waals surface area (Å²) in [6.07, 6.45) is 3.67. The average molecular weight is 313 g/mol. The van der Waals surface area contributed by atoms with E-state index in [4.69, 9.17) is 0 Å². The van der Waals surface area contributed by atoms with Gasteiger partial charge in [0.1, 0.15) is 5.82 Å². The van der Waals surface area contributed by atoms with Crippen molar-refractivity contribution in [3.8, 4) is 0 Å². The van der Waals surface area contributed by atoms with E-state index in [0.29, 0.717) is 11.4 Å². The lowest BCUT2D eigenvalue weighted by atomic mass is 10.2. The number of nitrogens with zero attached hydrogens (tertiary/aromatic N) is 1. The summed E-state index contributed by atoms with van der Waals surface area (Å²) in [4.78, 5) is 16.2. The molecule has 2 N–H and O–H groups in total. The molecule has 21 heavy (non-hydrogen) atoms. The second-order valence-corrected chi connectivity index (χ2v) is 8.22. The van der Waals surface area contributed by atoms with E-state index in [2.05, 4.69) is 15.6 Å². The molecule has 0 saturated carbocycles. The summed E-state index contributed by atoms with van der Waals surface area (Å²) in [7, 11) is -3.24. The normalized spacial score (nSPS) is 12.0. The lowest BCUT2D eigenvalue weighted by Gasteiger charge is -2.22. The van der Waals surface area contributed by atoms with Crippen LogP contribution < -0.4 is 10.6 Å². The first-order valence-electron chi connectivity index (χ1n) is 6.85. The Hall–Kier alpha value is -1.63. The van der Waals surface area contributed by atoms with Crippen LogP contribution in [0, 0.1) is 0 Å². The van der Waals surface area contributed by atoms with E-state index < -0.39 is 14.6 Å². The Bertz CT molecular complexity index is 597. The maximum Gasteiger partial charge on any atom is 0.251 e. The molecule has 0 aliphatic carbocycles. The van der Waals surface area contributed by atoms with E-state index in [1.165, 1.54) is 6.26 Å². The molecule has 0 aromatic carbocycles. The molecule has 0 fully saturated rings. The van der Waals surface area contributed by atoms with E-state index >= 15 is 0 Å². The largest absolute Gasteiger partial charge is 0.370 e. The molecule has 0 aliphatic rings. The summed E-state index contributed by atoms with van der Waals surface area (Å²) in [5.74, 6) is 0.320. The Labute approximate surface area is 126 Å². The number of aromatic nitrogens is 1. The maximum atomic E-state index is 12.1. The first kappa shape index (κ1) is 17.4. The van der Waals surface area contributed by atoms with Crippen molar-refractivity contribution in [3.05, 3.63) is 23.9 Å². The van der Waals surface area contributed by atoms with Crippen LogP contribution in [-0.4, -0.2) is 43.4 Å². The van der Waals surface area contributed by atoms with E-state index in [0.717, 1.165) is 13.0 Å². The van der Waals surface area contributed by atoms with Crippen molar-refractivity contribution in [3.63, 3.8) is 0 Å². The molecule has 0 atom stereocenters. The second-order valence-electron chi connectivity index (χ2n) is 5.57. The van der Waals surface area contributed by atoms with Crippen LogP contribution >= 0.6 is 0 Å². The summed E-state index contributed by atoms with van der Waals surface area (Å²) >= 11 is 0. The molecule has 1 aromatic heterocycles. The molecular formula is C14H23N3O3S. The number of carbonyl (C=O) groups excluding carboxylic acids is 1. The Morgan fingerprint density at radius 2 is 2.05 bits per heavy atom. The Morgan fingerprint density at radius 3 is 2.62 bits per heavy atom. The Kier molecular flexibility index (Phi) is 5.71. The van der Waals surface area contributed by atoms with Crippen LogP contribution in [0.15, 0.2) is 18.3 Å². The van der Waals surface area contributed by atoms with Crippen molar-refractivity contribution in [2.24, 2.45) is 0 Å². The van der Waals surface area contributed by atoms with Crippen molar-refractivity contribution in [2.45, 2.75) is 31.9 Å². The molecule has 0 radical (unpaired) electrons. The third-order valence-electron chi connectivity index (χ3n) is 3.26. The van der Waals surface area contributed by atoms with Crippen molar-refractivity contribution in [1.29, 1.82) is 0 Å². The first-order valence-corrected chi connectivity index (χ1v) is 8.74. The lowest BCUT2D eigenvalue weighted by molar-refractivity contribution is 0.0950. The van der Waals surface area contributed by atoms with E-state index in [-0.39, 0.29) is 12.5 Å². The summed E-state index contributed by atoms with van der Waals surface area (Å²) in [5.41, 5.74) is 0.452. The fourth-order valence-corrected chi connectivity index (χ4v) is 1.78. The number of amides is 1. The molecule has 1 rings (SSSR count). The van der Waals surface area contributed by atoms with Crippen molar-refractivity contribution < 1.29 is 13.2 Å². The van der Waals surface area contributed by atoms with Gasteiger partial charge in [0.15, 0.2) is 9.84 Å². The highest BCUT2D eigenvalue weighted by molar-refractivity contribution is 7.92. The number of sulfone groups is 1. The minimum absolute atomic E-state index is 0.0602. The highest BCUT2D eigenvalue weighted by Gasteiger charge is 2.30. The van der Waals surface area contributed by atoms with Crippen LogP contribution in [0.25, 0.3) is 0 Å². The monoisotopic (exact) mass is 313 g/mol. The molecule has 0 aliphatic heterocycles. The van der Waals surface area contributed by atoms with Crippen LogP contribution in [0.2, 0.25) is 0 Å². The van der Waals surface area contributed by atoms with Gasteiger partial charge in [0.2, 0.25) is 0 Å². The van der Waals surface area contributed by atoms with Gasteiger partial charge in [-0.3, -0.25) is 4.79 Å². The fraction of sp³-hybridized carbons (Fsp3) is 0.571. The predicted molar refractivity (Wildman–Crippen MR) is 84.3 cm³/mol. The van der Waals surface area contributed by atoms with E-state index in [9.17, 15) is 13.2 Å². The number of hydrogen-bond acceptors (Lipinski definition) is 5. The van der Waals surface area contributed by atoms with Crippen LogP contribution in [0.1, 0.15) is 37.6 Å². The Morgan fingerprint density at radius 1 is 1.38 bits per heavy atom. The van der Waals surface area contributed by atoms with Gasteiger partial charge in [-0.25, -0.2) is 13.4 Å². The number of pyridine rings is 1. The average Bonchev–Trinajstić information content (AvgIpc) is 2.41. The standard InChI is InChI=1S/C14H23N3O3S/c1-5-7-15-12-9-11(6-8-16-12)13(18)17-10-14(2,3)21(4,19)20/h6,8-9H,5,7,10H2,1-4H3,(H,15,16)(H,17,18). The lowest BCUT2D eigenvalue weighted by Crippen LogP contribution is -2.43. The quantitative estimate of drug-likeness (QED) is 0.795. The molecule has 118 valence electrons. The SMILES string of the molecule is CCCNc1cc(C(=O)NCC(C)(C)S(C)(=O)=O)ccn1. The van der Waals surface area contributed by atoms with Gasteiger partial charge >= 0.3 is 0 Å². The van der Waals surface area contributed by atoms with E-state index in [1.54, 1.807) is 32.2 Å². The zero-order valence-electron chi connectivity index (χ0n) is 12.9. The minimum atomic E-state index is -3.24. The molecule has 0 spiro atoms. The summed E-state index contributed by atoms with van der Waals surface area (Å²) in [6, 6.07) is 3.25. The summed E-state index contributed by atoms with van der Waals surface area (Å²) in [5, 5.41) is 5.75. The molecular weight excluding hydrogens is 290 g/mol. The molecule has 0 saturated heterocycles. The zero-order chi connectivity index (χ0) is 16.1. The van der Waals surface area contributed by atoms with Crippen LogP contribution in [0.4, 0.5) is 5.82 Å². The Balaban J connectivity index is 2.72. The highest BCUT2D eigenvalue weighted by Crippen LogP contribution is 2.14. The first-order chi connectivity index (χ1) is 9.67. The third-order valence-corrected chi connectivity index (χ3v) is 5.41. The van der Waals surface area contributed by atoms with Gasteiger partial charge in [-0.05, 0) is 32.4 Å². The topological polar surface area (TPSA) is 88.2 Å². The molecule has 6 nitrogen and oxygen atoms in total. The third kappa shape index (κ3) is 5.00. The summed E-state index contributed by atoms with van der Waals surface area (Å²) < 4.78 is 22.2. The number of carbonyl (C=O) groups is 1. The van der Waals surface area contributed by atoms with Gasteiger partial charge < -0.3 is 10.6 Å². The second kappa shape index (κ2) is 6.89. The van der Waals surface area contributed by atoms with Gasteiger partial charge in [-0.2, -0.15) is 0 Å². The van der Waals surface area contributed by atoms with Crippen LogP contribution in [0.5, 0.6) is 0 Å². The minimum Gasteiger partial charge on any atom is -0.370 e. The van der Waals surface area contributed by atoms with Gasteiger partial charge in [-0.1, -0.05) is 6.92 Å². The van der Waals surface area contributed by atoms with Gasteiger partial charge in [-0.15, -0.1) is 0 Å². The molecule has 1 amide bonds. The molecule has 7 heteroatoms. The predicted octanol–water partition coefficient (Wildman–Crippen LogP) is 1.46. The number of anilines is 1.